The highest BCUT2D eigenvalue weighted by molar-refractivity contribution is 6.01. The van der Waals surface area contributed by atoms with Crippen molar-refractivity contribution in [2.45, 2.75) is 6.18 Å². The molecule has 0 bridgehead atoms. The lowest BCUT2D eigenvalue weighted by atomic mass is 10.1. The molecule has 1 saturated heterocycles. The van der Waals surface area contributed by atoms with Crippen molar-refractivity contribution in [3.8, 4) is 6.07 Å². The zero-order chi connectivity index (χ0) is 25.6. The van der Waals surface area contributed by atoms with Gasteiger partial charge < -0.3 is 14.7 Å². The van der Waals surface area contributed by atoms with Gasteiger partial charge in [-0.2, -0.15) is 28.7 Å². The second kappa shape index (κ2) is 10.8. The molecule has 0 aliphatic carbocycles. The van der Waals surface area contributed by atoms with Gasteiger partial charge >= 0.3 is 12.1 Å². The number of alkyl halides is 3. The molecule has 1 fully saturated rings. The molecular formula is C24H23F3N6O2. The first-order chi connectivity index (χ1) is 16.6. The lowest BCUT2D eigenvalue weighted by molar-refractivity contribution is -0.185. The summed E-state index contributed by atoms with van der Waals surface area (Å²) >= 11 is 0. The highest BCUT2D eigenvalue weighted by Gasteiger charge is 2.43. The molecule has 0 atom stereocenters. The Hall–Kier alpha value is -4.20. The summed E-state index contributed by atoms with van der Waals surface area (Å²) in [6.45, 7) is 0.614. The SMILES string of the molecule is CN(C)C(=O)/C(C#N)=C/c1ccc(N=Nc2ccc(N3CCN(C(=O)C(F)(F)F)CC3)cc2)cc1. The number of hydrogen-bond donors (Lipinski definition) is 0. The van der Waals surface area contributed by atoms with Crippen molar-refractivity contribution in [2.24, 2.45) is 10.2 Å². The van der Waals surface area contributed by atoms with Gasteiger partial charge in [-0.15, -0.1) is 0 Å². The van der Waals surface area contributed by atoms with E-state index in [0.29, 0.717) is 30.0 Å². The summed E-state index contributed by atoms with van der Waals surface area (Å²) in [5.74, 6) is -2.18. The normalized spacial score (nSPS) is 14.7. The van der Waals surface area contributed by atoms with Crippen molar-refractivity contribution in [3.05, 3.63) is 59.7 Å². The van der Waals surface area contributed by atoms with E-state index in [1.807, 2.05) is 11.0 Å². The average Bonchev–Trinajstić information content (AvgIpc) is 2.85. The predicted molar refractivity (Wildman–Crippen MR) is 124 cm³/mol. The van der Waals surface area contributed by atoms with E-state index in [9.17, 15) is 28.0 Å². The van der Waals surface area contributed by atoms with E-state index in [1.54, 1.807) is 62.6 Å². The number of piperazine rings is 1. The van der Waals surface area contributed by atoms with Crippen LogP contribution in [0.1, 0.15) is 5.56 Å². The number of nitriles is 1. The monoisotopic (exact) mass is 484 g/mol. The minimum atomic E-state index is -4.85. The molecule has 0 N–H and O–H groups in total. The molecular weight excluding hydrogens is 461 g/mol. The number of rotatable bonds is 5. The van der Waals surface area contributed by atoms with E-state index >= 15 is 0 Å². The van der Waals surface area contributed by atoms with Crippen LogP contribution in [0.3, 0.4) is 0 Å². The smallest absolute Gasteiger partial charge is 0.368 e. The molecule has 0 aromatic heterocycles. The standard InChI is InChI=1S/C24H23F3N6O2/c1-31(2)22(34)18(16-28)15-17-3-5-19(6-4-17)29-30-20-7-9-21(10-8-20)32-11-13-33(14-12-32)23(35)24(25,26)27/h3-10,15H,11-14H2,1-2H3/b18-15+,30-29?. The highest BCUT2D eigenvalue weighted by Crippen LogP contribution is 2.25. The molecule has 0 radical (unpaired) electrons. The maximum Gasteiger partial charge on any atom is 0.471 e. The van der Waals surface area contributed by atoms with Crippen molar-refractivity contribution >= 4 is 35.0 Å². The minimum Gasteiger partial charge on any atom is -0.368 e. The molecule has 1 aliphatic heterocycles. The molecule has 1 aliphatic rings. The molecule has 2 amide bonds. The first-order valence-electron chi connectivity index (χ1n) is 10.6. The largest absolute Gasteiger partial charge is 0.471 e. The minimum absolute atomic E-state index is 0.00412. The van der Waals surface area contributed by atoms with Crippen LogP contribution in [0.25, 0.3) is 6.08 Å². The number of azo groups is 1. The molecule has 0 unspecified atom stereocenters. The maximum absolute atomic E-state index is 12.6. The van der Waals surface area contributed by atoms with Crippen LogP contribution in [-0.2, 0) is 9.59 Å². The van der Waals surface area contributed by atoms with Gasteiger partial charge in [-0.3, -0.25) is 9.59 Å². The summed E-state index contributed by atoms with van der Waals surface area (Å²) in [6, 6.07) is 15.9. The number of carbonyl (C=O) groups excluding carboxylic acids is 2. The Labute approximate surface area is 200 Å². The van der Waals surface area contributed by atoms with Crippen molar-refractivity contribution in [1.29, 1.82) is 5.26 Å². The quantitative estimate of drug-likeness (QED) is 0.359. The first kappa shape index (κ1) is 25.4. The molecule has 35 heavy (non-hydrogen) atoms. The number of carbonyl (C=O) groups is 2. The summed E-state index contributed by atoms with van der Waals surface area (Å²) < 4.78 is 37.7. The van der Waals surface area contributed by atoms with Crippen molar-refractivity contribution < 1.29 is 22.8 Å². The number of amides is 2. The van der Waals surface area contributed by atoms with Crippen LogP contribution in [0, 0.1) is 11.3 Å². The Morgan fingerprint density at radius 3 is 1.91 bits per heavy atom. The van der Waals surface area contributed by atoms with Gasteiger partial charge in [-0.1, -0.05) is 12.1 Å². The van der Waals surface area contributed by atoms with Crippen LogP contribution in [0.5, 0.6) is 0 Å². The van der Waals surface area contributed by atoms with Gasteiger partial charge in [-0.05, 0) is 48.0 Å². The maximum atomic E-state index is 12.6. The number of nitrogens with zero attached hydrogens (tertiary/aromatic N) is 6. The third kappa shape index (κ3) is 6.66. The molecule has 11 heteroatoms. The molecule has 0 saturated carbocycles. The van der Waals surface area contributed by atoms with E-state index in [-0.39, 0.29) is 24.6 Å². The summed E-state index contributed by atoms with van der Waals surface area (Å²) in [5.41, 5.74) is 2.69. The summed E-state index contributed by atoms with van der Waals surface area (Å²) in [4.78, 5) is 27.4. The van der Waals surface area contributed by atoms with Crippen LogP contribution < -0.4 is 4.90 Å². The van der Waals surface area contributed by atoms with E-state index in [1.165, 1.54) is 11.0 Å². The summed E-state index contributed by atoms with van der Waals surface area (Å²) in [6.07, 6.45) is -3.35. The number of anilines is 1. The Bertz CT molecular complexity index is 1160. The lowest BCUT2D eigenvalue weighted by Crippen LogP contribution is -2.52. The second-order valence-corrected chi connectivity index (χ2v) is 7.95. The topological polar surface area (TPSA) is 92.4 Å². The van der Waals surface area contributed by atoms with E-state index in [2.05, 4.69) is 10.2 Å². The van der Waals surface area contributed by atoms with Gasteiger partial charge in [0.15, 0.2) is 0 Å². The zero-order valence-electron chi connectivity index (χ0n) is 19.2. The van der Waals surface area contributed by atoms with Crippen molar-refractivity contribution in [3.63, 3.8) is 0 Å². The number of likely N-dealkylation sites (N-methyl/N-ethyl adjacent to an activating group) is 1. The van der Waals surface area contributed by atoms with Crippen LogP contribution in [0.4, 0.5) is 30.2 Å². The van der Waals surface area contributed by atoms with Gasteiger partial charge in [0, 0.05) is 46.0 Å². The number of halogens is 3. The van der Waals surface area contributed by atoms with E-state index < -0.39 is 12.1 Å². The average molecular weight is 484 g/mol. The van der Waals surface area contributed by atoms with E-state index in [4.69, 9.17) is 0 Å². The van der Waals surface area contributed by atoms with Crippen LogP contribution in [0.15, 0.2) is 64.3 Å². The van der Waals surface area contributed by atoms with Gasteiger partial charge in [-0.25, -0.2) is 0 Å². The van der Waals surface area contributed by atoms with Crippen molar-refractivity contribution in [2.75, 3.05) is 45.2 Å². The zero-order valence-corrected chi connectivity index (χ0v) is 19.2. The van der Waals surface area contributed by atoms with Gasteiger partial charge in [0.2, 0.25) is 0 Å². The highest BCUT2D eigenvalue weighted by atomic mass is 19.4. The lowest BCUT2D eigenvalue weighted by Gasteiger charge is -2.36. The fraction of sp³-hybridized carbons (Fsp3) is 0.292. The van der Waals surface area contributed by atoms with Gasteiger partial charge in [0.1, 0.15) is 11.6 Å². The Kier molecular flexibility index (Phi) is 7.86. The Morgan fingerprint density at radius 1 is 0.943 bits per heavy atom. The number of hydrogen-bond acceptors (Lipinski definition) is 6. The molecule has 8 nitrogen and oxygen atoms in total. The van der Waals surface area contributed by atoms with Crippen molar-refractivity contribution in [1.82, 2.24) is 9.80 Å². The van der Waals surface area contributed by atoms with Gasteiger partial charge in [0.25, 0.3) is 5.91 Å². The predicted octanol–water partition coefficient (Wildman–Crippen LogP) is 4.31. The molecule has 1 heterocycles. The van der Waals surface area contributed by atoms with Gasteiger partial charge in [0.05, 0.1) is 11.4 Å². The molecule has 3 rings (SSSR count). The molecule has 0 spiro atoms. The van der Waals surface area contributed by atoms with Crippen LogP contribution in [0.2, 0.25) is 0 Å². The third-order valence-electron chi connectivity index (χ3n) is 5.27. The Morgan fingerprint density at radius 2 is 1.46 bits per heavy atom. The van der Waals surface area contributed by atoms with E-state index in [0.717, 1.165) is 10.6 Å². The molecule has 2 aromatic rings. The second-order valence-electron chi connectivity index (χ2n) is 7.95. The fourth-order valence-electron chi connectivity index (χ4n) is 3.38. The summed E-state index contributed by atoms with van der Waals surface area (Å²) in [5, 5.41) is 17.5. The molecule has 182 valence electrons. The number of benzene rings is 2. The van der Waals surface area contributed by atoms with Crippen LogP contribution >= 0.6 is 0 Å². The van der Waals surface area contributed by atoms with Crippen LogP contribution in [-0.4, -0.2) is 68.1 Å². The molecule has 2 aromatic carbocycles. The third-order valence-corrected chi connectivity index (χ3v) is 5.27. The Balaban J connectivity index is 1.59. The fourth-order valence-corrected chi connectivity index (χ4v) is 3.38. The summed E-state index contributed by atoms with van der Waals surface area (Å²) in [7, 11) is 3.15. The first-order valence-corrected chi connectivity index (χ1v) is 10.6.